The number of piperidine rings is 1. The van der Waals surface area contributed by atoms with Crippen molar-refractivity contribution in [3.63, 3.8) is 0 Å². The summed E-state index contributed by atoms with van der Waals surface area (Å²) in [5, 5.41) is 2.85. The summed E-state index contributed by atoms with van der Waals surface area (Å²) in [6, 6.07) is 5.24. The normalized spacial score (nSPS) is 15.1. The average molecular weight is 298 g/mol. The Hall–Kier alpha value is -2.50. The molecule has 1 saturated heterocycles. The highest BCUT2D eigenvalue weighted by Crippen LogP contribution is 2.11. The first kappa shape index (κ1) is 14.4. The van der Waals surface area contributed by atoms with Crippen LogP contribution in [0.2, 0.25) is 0 Å². The third-order valence-electron chi connectivity index (χ3n) is 3.82. The van der Waals surface area contributed by atoms with Crippen LogP contribution in [0.3, 0.4) is 0 Å². The fourth-order valence-corrected chi connectivity index (χ4v) is 2.61. The molecule has 114 valence electrons. The quantitative estimate of drug-likeness (QED) is 0.925. The van der Waals surface area contributed by atoms with Gasteiger partial charge in [-0.05, 0) is 31.0 Å². The lowest BCUT2D eigenvalue weighted by atomic mass is 10.1. The molecule has 2 amide bonds. The second-order valence-corrected chi connectivity index (χ2v) is 5.35. The fraction of sp³-hybridized carbons (Fsp3) is 0.375. The molecule has 0 radical (unpaired) electrons. The van der Waals surface area contributed by atoms with Crippen LogP contribution in [0.15, 0.2) is 30.6 Å². The van der Waals surface area contributed by atoms with E-state index in [0.29, 0.717) is 30.6 Å². The zero-order chi connectivity index (χ0) is 15.4. The molecule has 0 aliphatic carbocycles. The molecular weight excluding hydrogens is 280 g/mol. The first-order valence-electron chi connectivity index (χ1n) is 7.51. The summed E-state index contributed by atoms with van der Waals surface area (Å²) in [5.41, 5.74) is 2.01. The SMILES string of the molecule is O=C(NCCN1CCCCC1=O)c1ccc2nccnc2c1. The highest BCUT2D eigenvalue weighted by Gasteiger charge is 2.17. The number of fused-ring (bicyclic) bond motifs is 1. The van der Waals surface area contributed by atoms with E-state index in [4.69, 9.17) is 0 Å². The minimum absolute atomic E-state index is 0.156. The largest absolute Gasteiger partial charge is 0.350 e. The van der Waals surface area contributed by atoms with Gasteiger partial charge in [0.1, 0.15) is 0 Å². The molecule has 0 bridgehead atoms. The summed E-state index contributed by atoms with van der Waals surface area (Å²) in [6.07, 6.45) is 5.86. The van der Waals surface area contributed by atoms with Crippen LogP contribution >= 0.6 is 0 Å². The summed E-state index contributed by atoms with van der Waals surface area (Å²) < 4.78 is 0. The summed E-state index contributed by atoms with van der Waals surface area (Å²) in [6.45, 7) is 1.82. The standard InChI is InChI=1S/C16H18N4O2/c21-15-3-1-2-9-20(15)10-8-19-16(22)12-4-5-13-14(11-12)18-7-6-17-13/h4-7,11H,1-3,8-10H2,(H,19,22). The number of amides is 2. The number of benzene rings is 1. The van der Waals surface area contributed by atoms with Gasteiger partial charge >= 0.3 is 0 Å². The van der Waals surface area contributed by atoms with Crippen molar-refractivity contribution in [3.8, 4) is 0 Å². The van der Waals surface area contributed by atoms with Crippen molar-refractivity contribution in [2.24, 2.45) is 0 Å². The lowest BCUT2D eigenvalue weighted by molar-refractivity contribution is -0.133. The minimum atomic E-state index is -0.156. The van der Waals surface area contributed by atoms with Crippen molar-refractivity contribution in [2.75, 3.05) is 19.6 Å². The Kier molecular flexibility index (Phi) is 4.27. The molecule has 0 saturated carbocycles. The number of nitrogens with zero attached hydrogens (tertiary/aromatic N) is 3. The van der Waals surface area contributed by atoms with E-state index in [9.17, 15) is 9.59 Å². The molecule has 2 heterocycles. The van der Waals surface area contributed by atoms with Crippen molar-refractivity contribution in [1.82, 2.24) is 20.2 Å². The van der Waals surface area contributed by atoms with Crippen molar-refractivity contribution < 1.29 is 9.59 Å². The molecule has 1 aromatic carbocycles. The van der Waals surface area contributed by atoms with E-state index in [1.807, 2.05) is 4.90 Å². The molecule has 1 aliphatic rings. The van der Waals surface area contributed by atoms with Gasteiger partial charge in [0.05, 0.1) is 11.0 Å². The van der Waals surface area contributed by atoms with Gasteiger partial charge < -0.3 is 10.2 Å². The van der Waals surface area contributed by atoms with E-state index in [1.165, 1.54) is 0 Å². The zero-order valence-corrected chi connectivity index (χ0v) is 12.3. The van der Waals surface area contributed by atoms with Gasteiger partial charge in [0.2, 0.25) is 5.91 Å². The Morgan fingerprint density at radius 1 is 1.18 bits per heavy atom. The van der Waals surface area contributed by atoms with Gasteiger partial charge in [0, 0.05) is 44.0 Å². The van der Waals surface area contributed by atoms with Gasteiger partial charge in [-0.2, -0.15) is 0 Å². The number of rotatable bonds is 4. The van der Waals surface area contributed by atoms with E-state index < -0.39 is 0 Å². The van der Waals surface area contributed by atoms with Gasteiger partial charge in [-0.15, -0.1) is 0 Å². The monoisotopic (exact) mass is 298 g/mol. The van der Waals surface area contributed by atoms with E-state index in [0.717, 1.165) is 24.9 Å². The number of hydrogen-bond donors (Lipinski definition) is 1. The van der Waals surface area contributed by atoms with Crippen LogP contribution in [0.1, 0.15) is 29.6 Å². The van der Waals surface area contributed by atoms with Crippen LogP contribution in [-0.4, -0.2) is 46.3 Å². The lowest BCUT2D eigenvalue weighted by Gasteiger charge is -2.26. The molecule has 1 N–H and O–H groups in total. The summed E-state index contributed by atoms with van der Waals surface area (Å²) >= 11 is 0. The van der Waals surface area contributed by atoms with Crippen LogP contribution in [0, 0.1) is 0 Å². The second-order valence-electron chi connectivity index (χ2n) is 5.35. The molecule has 6 heteroatoms. The van der Waals surface area contributed by atoms with E-state index >= 15 is 0 Å². The maximum atomic E-state index is 12.1. The van der Waals surface area contributed by atoms with Crippen LogP contribution in [0.25, 0.3) is 11.0 Å². The minimum Gasteiger partial charge on any atom is -0.350 e. The van der Waals surface area contributed by atoms with E-state index in [1.54, 1.807) is 30.6 Å². The highest BCUT2D eigenvalue weighted by atomic mass is 16.2. The maximum Gasteiger partial charge on any atom is 0.251 e. The van der Waals surface area contributed by atoms with Gasteiger partial charge in [-0.25, -0.2) is 0 Å². The van der Waals surface area contributed by atoms with Gasteiger partial charge in [-0.3, -0.25) is 19.6 Å². The number of carbonyl (C=O) groups excluding carboxylic acids is 2. The molecule has 3 rings (SSSR count). The van der Waals surface area contributed by atoms with Crippen molar-refractivity contribution in [2.45, 2.75) is 19.3 Å². The van der Waals surface area contributed by atoms with Crippen molar-refractivity contribution in [3.05, 3.63) is 36.2 Å². The molecule has 22 heavy (non-hydrogen) atoms. The fourth-order valence-electron chi connectivity index (χ4n) is 2.61. The topological polar surface area (TPSA) is 75.2 Å². The maximum absolute atomic E-state index is 12.1. The molecule has 6 nitrogen and oxygen atoms in total. The third kappa shape index (κ3) is 3.21. The second kappa shape index (κ2) is 6.51. The number of nitrogens with one attached hydrogen (secondary N) is 1. The Morgan fingerprint density at radius 2 is 2.00 bits per heavy atom. The molecule has 1 fully saturated rings. The Labute approximate surface area is 128 Å². The van der Waals surface area contributed by atoms with Crippen LogP contribution in [0.5, 0.6) is 0 Å². The number of hydrogen-bond acceptors (Lipinski definition) is 4. The van der Waals surface area contributed by atoms with E-state index in [2.05, 4.69) is 15.3 Å². The molecule has 0 atom stereocenters. The lowest BCUT2D eigenvalue weighted by Crippen LogP contribution is -2.41. The number of likely N-dealkylation sites (tertiary alicyclic amines) is 1. The van der Waals surface area contributed by atoms with Crippen molar-refractivity contribution >= 4 is 22.8 Å². The number of aromatic nitrogens is 2. The number of carbonyl (C=O) groups is 2. The van der Waals surface area contributed by atoms with Gasteiger partial charge in [0.15, 0.2) is 0 Å². The first-order chi connectivity index (χ1) is 10.7. The van der Waals surface area contributed by atoms with Gasteiger partial charge in [0.25, 0.3) is 5.91 Å². The Balaban J connectivity index is 1.57. The van der Waals surface area contributed by atoms with Crippen LogP contribution < -0.4 is 5.32 Å². The highest BCUT2D eigenvalue weighted by molar-refractivity contribution is 5.97. The summed E-state index contributed by atoms with van der Waals surface area (Å²) in [4.78, 5) is 34.0. The third-order valence-corrected chi connectivity index (χ3v) is 3.82. The first-order valence-corrected chi connectivity index (χ1v) is 7.51. The molecule has 1 aromatic heterocycles. The Morgan fingerprint density at radius 3 is 2.82 bits per heavy atom. The predicted molar refractivity (Wildman–Crippen MR) is 82.3 cm³/mol. The molecule has 0 spiro atoms. The molecular formula is C16H18N4O2. The smallest absolute Gasteiger partial charge is 0.251 e. The summed E-state index contributed by atoms with van der Waals surface area (Å²) in [7, 11) is 0. The van der Waals surface area contributed by atoms with Crippen LogP contribution in [0.4, 0.5) is 0 Å². The van der Waals surface area contributed by atoms with E-state index in [-0.39, 0.29) is 11.8 Å². The Bertz CT molecular complexity index is 701. The summed E-state index contributed by atoms with van der Waals surface area (Å²) in [5.74, 6) is 0.0264. The zero-order valence-electron chi connectivity index (χ0n) is 12.3. The van der Waals surface area contributed by atoms with Gasteiger partial charge in [-0.1, -0.05) is 0 Å². The van der Waals surface area contributed by atoms with Crippen LogP contribution in [-0.2, 0) is 4.79 Å². The average Bonchev–Trinajstić information content (AvgIpc) is 2.56. The van der Waals surface area contributed by atoms with Crippen molar-refractivity contribution in [1.29, 1.82) is 0 Å². The molecule has 0 unspecified atom stereocenters. The predicted octanol–water partition coefficient (Wildman–Crippen LogP) is 1.37. The molecule has 1 aliphatic heterocycles. The molecule has 2 aromatic rings.